The van der Waals surface area contributed by atoms with Crippen LogP contribution in [0.4, 0.5) is 4.39 Å². The minimum Gasteiger partial charge on any atom is -0.297 e. The van der Waals surface area contributed by atoms with Crippen molar-refractivity contribution < 1.29 is 14.0 Å². The van der Waals surface area contributed by atoms with E-state index in [4.69, 9.17) is 0 Å². The second-order valence-electron chi connectivity index (χ2n) is 5.71. The van der Waals surface area contributed by atoms with Gasteiger partial charge in [0.25, 0.3) is 0 Å². The zero-order valence-corrected chi connectivity index (χ0v) is 13.2. The first kappa shape index (κ1) is 16.6. The number of hydrogen-bond donors (Lipinski definition) is 0. The van der Waals surface area contributed by atoms with Gasteiger partial charge in [-0.15, -0.1) is 0 Å². The number of nitrogens with zero attached hydrogens (tertiary/aromatic N) is 2. The molecule has 2 aliphatic rings. The second-order valence-corrected chi connectivity index (χ2v) is 5.71. The van der Waals surface area contributed by atoms with Crippen LogP contribution in [-0.2, 0) is 9.59 Å². The van der Waals surface area contributed by atoms with Gasteiger partial charge in [-0.1, -0.05) is 37.3 Å². The molecule has 0 aromatic carbocycles. The van der Waals surface area contributed by atoms with Gasteiger partial charge in [-0.2, -0.15) is 0 Å². The number of ketones is 1. The summed E-state index contributed by atoms with van der Waals surface area (Å²) in [6, 6.07) is -0.291. The Morgan fingerprint density at radius 2 is 2.14 bits per heavy atom. The molecule has 0 N–H and O–H groups in total. The molecule has 0 saturated carbocycles. The highest BCUT2D eigenvalue weighted by Gasteiger charge is 2.36. The van der Waals surface area contributed by atoms with Crippen molar-refractivity contribution in [1.29, 1.82) is 0 Å². The molecule has 5 heteroatoms. The summed E-state index contributed by atoms with van der Waals surface area (Å²) in [7, 11) is 0. The van der Waals surface area contributed by atoms with Crippen molar-refractivity contribution in [3.8, 4) is 0 Å². The van der Waals surface area contributed by atoms with Gasteiger partial charge in [0.1, 0.15) is 6.17 Å². The number of rotatable bonds is 4. The maximum atomic E-state index is 13.5. The van der Waals surface area contributed by atoms with Crippen LogP contribution in [0, 0.1) is 0 Å². The molecular weight excluding hydrogens is 283 g/mol. The highest BCUT2D eigenvalue weighted by Crippen LogP contribution is 2.19. The van der Waals surface area contributed by atoms with Gasteiger partial charge in [-0.25, -0.2) is 9.40 Å². The first-order valence-corrected chi connectivity index (χ1v) is 7.80. The van der Waals surface area contributed by atoms with Crippen LogP contribution in [0.15, 0.2) is 36.0 Å². The molecule has 2 unspecified atom stereocenters. The van der Waals surface area contributed by atoms with Crippen LogP contribution in [0.3, 0.4) is 0 Å². The molecule has 1 fully saturated rings. The van der Waals surface area contributed by atoms with E-state index in [9.17, 15) is 14.0 Å². The molecule has 1 heterocycles. The fourth-order valence-electron chi connectivity index (χ4n) is 2.67. The van der Waals surface area contributed by atoms with E-state index < -0.39 is 6.17 Å². The summed E-state index contributed by atoms with van der Waals surface area (Å²) in [6.07, 6.45) is 8.90. The average molecular weight is 306 g/mol. The molecule has 1 aliphatic heterocycles. The lowest BCUT2D eigenvalue weighted by atomic mass is 10.1. The van der Waals surface area contributed by atoms with Crippen LogP contribution in [0.5, 0.6) is 0 Å². The van der Waals surface area contributed by atoms with E-state index in [-0.39, 0.29) is 24.2 Å². The van der Waals surface area contributed by atoms with Crippen molar-refractivity contribution in [2.24, 2.45) is 0 Å². The molecule has 22 heavy (non-hydrogen) atoms. The minimum atomic E-state index is -0.996. The summed E-state index contributed by atoms with van der Waals surface area (Å²) in [5.74, 6) is -0.228. The lowest BCUT2D eigenvalue weighted by Crippen LogP contribution is -2.59. The zero-order chi connectivity index (χ0) is 16.1. The van der Waals surface area contributed by atoms with Crippen molar-refractivity contribution in [3.05, 3.63) is 36.0 Å². The van der Waals surface area contributed by atoms with E-state index in [2.05, 4.69) is 0 Å². The van der Waals surface area contributed by atoms with Crippen molar-refractivity contribution in [3.63, 3.8) is 0 Å². The van der Waals surface area contributed by atoms with Gasteiger partial charge in [0, 0.05) is 13.0 Å². The first-order valence-electron chi connectivity index (χ1n) is 7.80. The maximum Gasteiger partial charge on any atom is 0.244 e. The normalized spacial score (nSPS) is 29.2. The van der Waals surface area contributed by atoms with Gasteiger partial charge in [0.15, 0.2) is 5.78 Å². The fourth-order valence-corrected chi connectivity index (χ4v) is 2.67. The molecule has 0 spiro atoms. The van der Waals surface area contributed by atoms with Gasteiger partial charge in [-0.05, 0) is 18.9 Å². The van der Waals surface area contributed by atoms with Crippen LogP contribution in [0.1, 0.15) is 33.1 Å². The summed E-state index contributed by atoms with van der Waals surface area (Å²) >= 11 is 0. The summed E-state index contributed by atoms with van der Waals surface area (Å²) in [5.41, 5.74) is 0.856. The Morgan fingerprint density at radius 1 is 1.36 bits per heavy atom. The summed E-state index contributed by atoms with van der Waals surface area (Å²) in [5, 5.41) is 3.46. The third kappa shape index (κ3) is 3.91. The van der Waals surface area contributed by atoms with E-state index in [1.54, 1.807) is 17.2 Å². The van der Waals surface area contributed by atoms with Crippen LogP contribution < -0.4 is 0 Å². The maximum absolute atomic E-state index is 13.5. The quantitative estimate of drug-likeness (QED) is 0.750. The average Bonchev–Trinajstić information content (AvgIpc) is 2.47. The third-order valence-electron chi connectivity index (χ3n) is 3.95. The Hall–Kier alpha value is -1.75. The monoisotopic (exact) mass is 306 g/mol. The Bertz CT molecular complexity index is 525. The summed E-state index contributed by atoms with van der Waals surface area (Å²) < 4.78 is 13.5. The molecule has 1 aliphatic carbocycles. The second kappa shape index (κ2) is 7.49. The Morgan fingerprint density at radius 3 is 2.86 bits per heavy atom. The number of alkyl halides is 1. The number of hydrogen-bond acceptors (Lipinski definition) is 3. The van der Waals surface area contributed by atoms with Crippen LogP contribution in [0.25, 0.3) is 0 Å². The molecule has 1 saturated heterocycles. The number of halogens is 1. The molecule has 2 atom stereocenters. The molecule has 0 aromatic heterocycles. The third-order valence-corrected chi connectivity index (χ3v) is 3.95. The van der Waals surface area contributed by atoms with Crippen molar-refractivity contribution in [2.75, 3.05) is 13.1 Å². The molecule has 1 amide bonds. The number of Topliss-reactive ketones (excluding diaryl/α,β-unsaturated/α-hetero) is 1. The van der Waals surface area contributed by atoms with Gasteiger partial charge in [-0.3, -0.25) is 14.6 Å². The lowest BCUT2D eigenvalue weighted by Gasteiger charge is -2.42. The molecule has 0 bridgehead atoms. The van der Waals surface area contributed by atoms with E-state index >= 15 is 0 Å². The lowest BCUT2D eigenvalue weighted by molar-refractivity contribution is -0.166. The summed E-state index contributed by atoms with van der Waals surface area (Å²) in [6.45, 7) is 4.86. The fraction of sp³-hybridized carbons (Fsp3) is 0.529. The number of amides is 1. The van der Waals surface area contributed by atoms with Crippen molar-refractivity contribution in [2.45, 2.75) is 45.3 Å². The smallest absolute Gasteiger partial charge is 0.244 e. The Labute approximate surface area is 130 Å². The largest absolute Gasteiger partial charge is 0.297 e. The predicted octanol–water partition coefficient (Wildman–Crippen LogP) is 2.58. The highest BCUT2D eigenvalue weighted by molar-refractivity contribution is 6.02. The molecule has 4 nitrogen and oxygen atoms in total. The van der Waals surface area contributed by atoms with Gasteiger partial charge < -0.3 is 0 Å². The molecule has 0 radical (unpaired) electrons. The predicted molar refractivity (Wildman–Crippen MR) is 83.7 cm³/mol. The van der Waals surface area contributed by atoms with Crippen LogP contribution >= 0.6 is 0 Å². The Balaban J connectivity index is 2.19. The topological polar surface area (TPSA) is 40.6 Å². The number of allylic oxidation sites excluding steroid dienone is 4. The summed E-state index contributed by atoms with van der Waals surface area (Å²) in [4.78, 5) is 24.1. The van der Waals surface area contributed by atoms with Crippen LogP contribution in [-0.4, -0.2) is 47.0 Å². The van der Waals surface area contributed by atoms with Gasteiger partial charge >= 0.3 is 0 Å². The molecular formula is C17H23FN2O2. The van der Waals surface area contributed by atoms with E-state index in [1.165, 1.54) is 6.08 Å². The first-order chi connectivity index (χ1) is 10.5. The minimum absolute atomic E-state index is 0.0411. The number of hydrazine groups is 1. The van der Waals surface area contributed by atoms with E-state index in [0.717, 1.165) is 12.0 Å². The Kier molecular flexibility index (Phi) is 5.66. The van der Waals surface area contributed by atoms with Gasteiger partial charge in [0.05, 0.1) is 19.0 Å². The molecule has 2 rings (SSSR count). The standard InChI is InChI=1S/C17H23FN2O2/c1-3-10-19-13(2)16(21)11-17(22)20(19)12-14-6-4-5-7-15(18)9-8-14/h4-6,8-9,13,15H,3,7,10-12H2,1-2H3/b5-4?,9-8?,14-6+. The molecule has 0 aromatic rings. The van der Waals surface area contributed by atoms with E-state index in [0.29, 0.717) is 19.5 Å². The van der Waals surface area contributed by atoms with Crippen LogP contribution in [0.2, 0.25) is 0 Å². The number of carbonyl (C=O) groups excluding carboxylic acids is 2. The molecule has 120 valence electrons. The highest BCUT2D eigenvalue weighted by atomic mass is 19.1. The zero-order valence-electron chi connectivity index (χ0n) is 13.2. The SMILES string of the molecule is CCCN1C(C)C(=O)CC(=O)N1C/C1=C/C=CCC(F)C=C1. The van der Waals surface area contributed by atoms with Crippen molar-refractivity contribution in [1.82, 2.24) is 10.0 Å². The number of carbonyl (C=O) groups is 2. The van der Waals surface area contributed by atoms with Crippen molar-refractivity contribution >= 4 is 11.7 Å². The van der Waals surface area contributed by atoms with Gasteiger partial charge in [0.2, 0.25) is 5.91 Å². The van der Waals surface area contributed by atoms with E-state index in [1.807, 2.05) is 31.0 Å².